The van der Waals surface area contributed by atoms with Gasteiger partial charge in [0.05, 0.1) is 0 Å². The summed E-state index contributed by atoms with van der Waals surface area (Å²) in [5.41, 5.74) is 0. The molecular weight excluding hydrogens is 304 g/mol. The van der Waals surface area contributed by atoms with Crippen molar-refractivity contribution in [2.45, 2.75) is 104 Å². The van der Waals surface area contributed by atoms with Crippen molar-refractivity contribution >= 4 is 15.8 Å². The summed E-state index contributed by atoms with van der Waals surface area (Å²) in [5, 5.41) is 1.64. The van der Waals surface area contributed by atoms with Gasteiger partial charge in [-0.25, -0.2) is 0 Å². The van der Waals surface area contributed by atoms with Crippen LogP contribution in [-0.4, -0.2) is 45.1 Å². The molecule has 3 heteroatoms. The third-order valence-corrected chi connectivity index (χ3v) is 12.0. The molecule has 0 aromatic rings. The Morgan fingerprint density at radius 1 is 0.500 bits per heavy atom. The van der Waals surface area contributed by atoms with E-state index in [0.29, 0.717) is 20.6 Å². The highest BCUT2D eigenvalue weighted by molar-refractivity contribution is 7.61. The zero-order valence-electron chi connectivity index (χ0n) is 17.8. The first-order chi connectivity index (χ1) is 9.37. The van der Waals surface area contributed by atoms with Crippen molar-refractivity contribution in [3.8, 4) is 0 Å². The molecule has 0 atom stereocenters. The molecule has 134 valence electrons. The van der Waals surface area contributed by atoms with E-state index in [9.17, 15) is 0 Å². The highest BCUT2D eigenvalue weighted by Crippen LogP contribution is 2.62. The zero-order valence-corrected chi connectivity index (χ0v) is 19.5. The maximum atomic E-state index is 2.64. The molecule has 0 unspecified atom stereocenters. The first kappa shape index (κ1) is 22.8. The topological polar surface area (TPSA) is 3.24 Å². The zero-order chi connectivity index (χ0) is 18.1. The molecule has 0 aliphatic rings. The average molecular weight is 348 g/mol. The van der Waals surface area contributed by atoms with Crippen molar-refractivity contribution in [1.29, 1.82) is 0 Å². The van der Waals surface area contributed by atoms with Gasteiger partial charge in [0.25, 0.3) is 0 Å². The van der Waals surface area contributed by atoms with E-state index in [4.69, 9.17) is 0 Å². The van der Waals surface area contributed by atoms with Crippen LogP contribution in [0.1, 0.15) is 83.1 Å². The van der Waals surface area contributed by atoms with Gasteiger partial charge in [0.1, 0.15) is 0 Å². The van der Waals surface area contributed by atoms with E-state index in [2.05, 4.69) is 95.0 Å². The van der Waals surface area contributed by atoms with Crippen LogP contribution in [0.3, 0.4) is 0 Å². The van der Waals surface area contributed by atoms with Gasteiger partial charge < -0.3 is 0 Å². The smallest absolute Gasteiger partial charge is 0.0194 e. The van der Waals surface area contributed by atoms with Gasteiger partial charge >= 0.3 is 0 Å². The summed E-state index contributed by atoms with van der Waals surface area (Å²) >= 11 is 0. The summed E-state index contributed by atoms with van der Waals surface area (Å²) in [6.07, 6.45) is 2.51. The lowest BCUT2D eigenvalue weighted by Crippen LogP contribution is -2.36. The maximum Gasteiger partial charge on any atom is 0.0194 e. The molecule has 0 amide bonds. The number of hydrogen-bond donors (Lipinski definition) is 0. The van der Waals surface area contributed by atoms with Gasteiger partial charge in [-0.1, -0.05) is 98.9 Å². The minimum absolute atomic E-state index is 0.0482. The van der Waals surface area contributed by atoms with Crippen LogP contribution in [0.4, 0.5) is 0 Å². The fourth-order valence-corrected chi connectivity index (χ4v) is 10.4. The molecule has 22 heavy (non-hydrogen) atoms. The Hall–Kier alpha value is 0.820. The second kappa shape index (κ2) is 7.37. The van der Waals surface area contributed by atoms with Gasteiger partial charge in [-0.15, -0.1) is 0 Å². The van der Waals surface area contributed by atoms with E-state index in [1.165, 1.54) is 12.6 Å². The molecule has 0 N–H and O–H groups in total. The first-order valence-corrected chi connectivity index (χ1v) is 11.7. The van der Waals surface area contributed by atoms with Crippen molar-refractivity contribution in [1.82, 2.24) is 4.90 Å². The molecule has 0 rings (SSSR count). The molecule has 1 nitrogen and oxygen atoms in total. The van der Waals surface area contributed by atoms with Crippen LogP contribution in [-0.2, 0) is 0 Å². The van der Waals surface area contributed by atoms with Gasteiger partial charge in [0.2, 0.25) is 0 Å². The monoisotopic (exact) mass is 347 g/mol. The van der Waals surface area contributed by atoms with E-state index in [1.807, 2.05) is 0 Å². The van der Waals surface area contributed by atoms with Crippen LogP contribution in [0.25, 0.3) is 0 Å². The normalized spacial score (nSPS) is 15.3. The molecule has 0 aromatic heterocycles. The predicted molar refractivity (Wildman–Crippen MR) is 110 cm³/mol. The van der Waals surface area contributed by atoms with Crippen LogP contribution in [0.2, 0.25) is 0 Å². The number of hydrogen-bond acceptors (Lipinski definition) is 1. The van der Waals surface area contributed by atoms with Crippen molar-refractivity contribution in [3.63, 3.8) is 0 Å². The molecular formula is C19H43NP2. The standard InChI is InChI=1S/C19H43NP2/c1-16(2,3)21(17(4,5)6)14-20(13)15-22(18(7,8)9)19(10,11)12/h14-15H2,1-13H3. The van der Waals surface area contributed by atoms with Gasteiger partial charge in [0, 0.05) is 12.6 Å². The summed E-state index contributed by atoms with van der Waals surface area (Å²) in [4.78, 5) is 2.64. The van der Waals surface area contributed by atoms with Crippen LogP contribution in [0.15, 0.2) is 0 Å². The van der Waals surface area contributed by atoms with E-state index < -0.39 is 0 Å². The highest BCUT2D eigenvalue weighted by atomic mass is 31.1. The minimum atomic E-state index is -0.0482. The van der Waals surface area contributed by atoms with Gasteiger partial charge in [0.15, 0.2) is 0 Å². The van der Waals surface area contributed by atoms with Crippen molar-refractivity contribution in [3.05, 3.63) is 0 Å². The summed E-state index contributed by atoms with van der Waals surface area (Å²) < 4.78 is 0. The SMILES string of the molecule is CN(CP(C(C)(C)C)C(C)(C)C)CP(C(C)(C)C)C(C)(C)C. The van der Waals surface area contributed by atoms with E-state index in [1.54, 1.807) is 0 Å². The van der Waals surface area contributed by atoms with Crippen LogP contribution >= 0.6 is 15.8 Å². The molecule has 0 aromatic carbocycles. The average Bonchev–Trinajstić information content (AvgIpc) is 2.15. The second-order valence-corrected chi connectivity index (χ2v) is 18.3. The van der Waals surface area contributed by atoms with E-state index in [0.717, 1.165) is 0 Å². The van der Waals surface area contributed by atoms with E-state index in [-0.39, 0.29) is 15.8 Å². The van der Waals surface area contributed by atoms with Crippen LogP contribution in [0.5, 0.6) is 0 Å². The Labute approximate surface area is 144 Å². The largest absolute Gasteiger partial charge is 0.298 e. The summed E-state index contributed by atoms with van der Waals surface area (Å²) in [6, 6.07) is 0. The lowest BCUT2D eigenvalue weighted by atomic mass is 10.2. The van der Waals surface area contributed by atoms with Crippen molar-refractivity contribution in [2.75, 3.05) is 19.6 Å². The molecule has 0 spiro atoms. The molecule has 0 aliphatic heterocycles. The van der Waals surface area contributed by atoms with Crippen molar-refractivity contribution < 1.29 is 0 Å². The first-order valence-electron chi connectivity index (χ1n) is 8.61. The minimum Gasteiger partial charge on any atom is -0.298 e. The third kappa shape index (κ3) is 7.59. The second-order valence-electron chi connectivity index (χ2n) is 10.7. The summed E-state index contributed by atoms with van der Waals surface area (Å²) in [6.45, 7) is 29.1. The Kier molecular flexibility index (Phi) is 7.65. The van der Waals surface area contributed by atoms with Gasteiger partial charge in [-0.3, -0.25) is 4.90 Å². The molecule has 0 radical (unpaired) electrons. The summed E-state index contributed by atoms with van der Waals surface area (Å²) in [7, 11) is 2.25. The lowest BCUT2D eigenvalue weighted by Gasteiger charge is -2.47. The lowest BCUT2D eigenvalue weighted by molar-refractivity contribution is 0.441. The van der Waals surface area contributed by atoms with Gasteiger partial charge in [-0.2, -0.15) is 0 Å². The third-order valence-electron chi connectivity index (χ3n) is 4.00. The Balaban J connectivity index is 5.15. The Bertz CT molecular complexity index is 274. The van der Waals surface area contributed by atoms with Crippen molar-refractivity contribution in [2.24, 2.45) is 0 Å². The van der Waals surface area contributed by atoms with Crippen LogP contribution < -0.4 is 0 Å². The fraction of sp³-hybridized carbons (Fsp3) is 1.00. The molecule has 0 fully saturated rings. The van der Waals surface area contributed by atoms with Gasteiger partial charge in [-0.05, 0) is 27.7 Å². The quantitative estimate of drug-likeness (QED) is 0.495. The number of rotatable bonds is 4. The predicted octanol–water partition coefficient (Wildman–Crippen LogP) is 6.99. The maximum absolute atomic E-state index is 2.64. The summed E-state index contributed by atoms with van der Waals surface area (Å²) in [5.74, 6) is 0. The molecule has 0 saturated heterocycles. The van der Waals surface area contributed by atoms with Crippen LogP contribution in [0, 0.1) is 0 Å². The fourth-order valence-electron chi connectivity index (χ4n) is 3.39. The Morgan fingerprint density at radius 2 is 0.682 bits per heavy atom. The molecule has 0 saturated carbocycles. The molecule has 0 heterocycles. The molecule has 0 aliphatic carbocycles. The highest BCUT2D eigenvalue weighted by Gasteiger charge is 2.38. The van der Waals surface area contributed by atoms with E-state index >= 15 is 0 Å². The molecule has 0 bridgehead atoms. The Morgan fingerprint density at radius 3 is 0.818 bits per heavy atom. The number of nitrogens with zero attached hydrogens (tertiary/aromatic N) is 1.